The van der Waals surface area contributed by atoms with Crippen molar-refractivity contribution < 1.29 is 48.0 Å². The number of carbonyl (C=O) groups excluding carboxylic acids is 5. The first-order valence-electron chi connectivity index (χ1n) is 11.8. The van der Waals surface area contributed by atoms with Crippen molar-refractivity contribution in [3.05, 3.63) is 35.5 Å². The zero-order valence-electron chi connectivity index (χ0n) is 21.5. The predicted molar refractivity (Wildman–Crippen MR) is 129 cm³/mol. The SMILES string of the molecule is C=C1[C@@H](OC(C)=O)C/C=C\C2C(=O)[C@@](C)(OC(C)=O)C(=C2C)[C@@H](OC(C)=O)[C@]2(O)[C@@H](C)C(=O)O[C@H]2[C@H]1Cl. The summed E-state index contributed by atoms with van der Waals surface area (Å²) in [7, 11) is 0. The molecule has 1 aliphatic heterocycles. The lowest BCUT2D eigenvalue weighted by Crippen LogP contribution is -2.61. The van der Waals surface area contributed by atoms with Gasteiger partial charge in [0.15, 0.2) is 29.2 Å². The van der Waals surface area contributed by atoms with Crippen LogP contribution >= 0.6 is 11.6 Å². The average Bonchev–Trinajstić information content (AvgIpc) is 3.11. The molecule has 0 aromatic heterocycles. The Morgan fingerprint density at radius 3 is 2.27 bits per heavy atom. The molecular weight excluding hydrogens is 508 g/mol. The third-order valence-electron chi connectivity index (χ3n) is 7.24. The van der Waals surface area contributed by atoms with Gasteiger partial charge in [0.2, 0.25) is 0 Å². The number of hydrogen-bond donors (Lipinski definition) is 1. The van der Waals surface area contributed by atoms with Crippen molar-refractivity contribution >= 4 is 41.3 Å². The van der Waals surface area contributed by atoms with Crippen LogP contribution in [0.2, 0.25) is 0 Å². The smallest absolute Gasteiger partial charge is 0.312 e. The van der Waals surface area contributed by atoms with E-state index < -0.39 is 76.4 Å². The van der Waals surface area contributed by atoms with Gasteiger partial charge in [-0.15, -0.1) is 11.6 Å². The van der Waals surface area contributed by atoms with E-state index in [1.54, 1.807) is 19.1 Å². The second-order valence-electron chi connectivity index (χ2n) is 9.76. The number of halogens is 1. The summed E-state index contributed by atoms with van der Waals surface area (Å²) in [5.41, 5.74) is -3.78. The van der Waals surface area contributed by atoms with Gasteiger partial charge in [-0.25, -0.2) is 0 Å². The van der Waals surface area contributed by atoms with Crippen LogP contribution in [0.4, 0.5) is 0 Å². The number of allylic oxidation sites excluding steroid dienone is 2. The molecule has 2 aliphatic carbocycles. The van der Waals surface area contributed by atoms with Gasteiger partial charge in [0.1, 0.15) is 6.10 Å². The van der Waals surface area contributed by atoms with Gasteiger partial charge < -0.3 is 24.1 Å². The largest absolute Gasteiger partial charge is 0.458 e. The number of Topliss-reactive ketones (excluding diaryl/α,β-unsaturated/α-hetero) is 1. The van der Waals surface area contributed by atoms with E-state index in [1.807, 2.05) is 0 Å². The fourth-order valence-electron chi connectivity index (χ4n) is 5.41. The number of rotatable bonds is 3. The highest BCUT2D eigenvalue weighted by atomic mass is 35.5. The first-order valence-corrected chi connectivity index (χ1v) is 12.2. The van der Waals surface area contributed by atoms with Crippen molar-refractivity contribution in [3.8, 4) is 0 Å². The second kappa shape index (κ2) is 10.1. The van der Waals surface area contributed by atoms with Crippen molar-refractivity contribution in [1.29, 1.82) is 0 Å². The van der Waals surface area contributed by atoms with E-state index in [4.69, 9.17) is 30.5 Å². The minimum atomic E-state index is -2.32. The van der Waals surface area contributed by atoms with Crippen LogP contribution in [-0.4, -0.2) is 69.7 Å². The molecule has 202 valence electrons. The quantitative estimate of drug-likeness (QED) is 0.245. The molecule has 10 nitrogen and oxygen atoms in total. The molecule has 0 aromatic rings. The lowest BCUT2D eigenvalue weighted by atomic mass is 9.73. The number of carbonyl (C=O) groups is 5. The molecule has 2 bridgehead atoms. The summed E-state index contributed by atoms with van der Waals surface area (Å²) in [5, 5.41) is 10.9. The van der Waals surface area contributed by atoms with Gasteiger partial charge in [-0.1, -0.05) is 24.3 Å². The van der Waals surface area contributed by atoms with E-state index in [0.29, 0.717) is 5.57 Å². The minimum absolute atomic E-state index is 0.0155. The summed E-state index contributed by atoms with van der Waals surface area (Å²) in [5.74, 6) is -5.87. The molecule has 3 rings (SSSR count). The van der Waals surface area contributed by atoms with Gasteiger partial charge in [0.05, 0.1) is 17.2 Å². The average molecular weight is 539 g/mol. The van der Waals surface area contributed by atoms with Gasteiger partial charge >= 0.3 is 23.9 Å². The Morgan fingerprint density at radius 1 is 1.14 bits per heavy atom. The van der Waals surface area contributed by atoms with E-state index in [9.17, 15) is 29.1 Å². The van der Waals surface area contributed by atoms with Crippen LogP contribution in [0, 0.1) is 11.8 Å². The van der Waals surface area contributed by atoms with E-state index >= 15 is 0 Å². The van der Waals surface area contributed by atoms with Crippen LogP contribution in [0.15, 0.2) is 35.5 Å². The molecule has 1 heterocycles. The van der Waals surface area contributed by atoms with Gasteiger partial charge in [0, 0.05) is 32.8 Å². The van der Waals surface area contributed by atoms with Gasteiger partial charge in [0.25, 0.3) is 0 Å². The molecule has 0 aromatic carbocycles. The number of hydrogen-bond acceptors (Lipinski definition) is 10. The Bertz CT molecular complexity index is 1120. The molecule has 1 fully saturated rings. The summed E-state index contributed by atoms with van der Waals surface area (Å²) >= 11 is 6.73. The Morgan fingerprint density at radius 2 is 1.73 bits per heavy atom. The maximum absolute atomic E-state index is 13.7. The van der Waals surface area contributed by atoms with Crippen molar-refractivity contribution in [2.24, 2.45) is 11.8 Å². The fourth-order valence-corrected chi connectivity index (χ4v) is 5.81. The third kappa shape index (κ3) is 4.72. The summed E-state index contributed by atoms with van der Waals surface area (Å²) in [6.45, 7) is 11.6. The Kier molecular flexibility index (Phi) is 7.77. The number of esters is 4. The number of alkyl halides is 1. The van der Waals surface area contributed by atoms with Crippen molar-refractivity contribution in [2.45, 2.75) is 82.9 Å². The zero-order valence-corrected chi connectivity index (χ0v) is 22.3. The molecule has 1 N–H and O–H groups in total. The van der Waals surface area contributed by atoms with Crippen LogP contribution in [0.3, 0.4) is 0 Å². The number of aliphatic hydroxyl groups is 1. The summed E-state index contributed by atoms with van der Waals surface area (Å²) in [6.07, 6.45) is -0.978. The molecule has 37 heavy (non-hydrogen) atoms. The lowest BCUT2D eigenvalue weighted by molar-refractivity contribution is -0.177. The molecule has 8 atom stereocenters. The van der Waals surface area contributed by atoms with Crippen LogP contribution in [0.25, 0.3) is 0 Å². The van der Waals surface area contributed by atoms with Crippen molar-refractivity contribution in [2.75, 3.05) is 0 Å². The highest BCUT2D eigenvalue weighted by Gasteiger charge is 2.67. The molecule has 0 amide bonds. The standard InChI is InChI=1S/C26H31ClO10/c1-11-17-9-8-10-18(34-14(4)28)12(2)20(27)23-26(33,13(3)24(32)36-23)22(35-15(5)29)19(11)25(7,21(17)31)37-16(6)30/h8-9,13,17-18,20,22-23,33H,2,10H2,1,3-7H3/b9-8-/t13-,17?,18-,20-,22+,23-,25-,26+/m0/s1. The highest BCUT2D eigenvalue weighted by molar-refractivity contribution is 6.23. The zero-order chi connectivity index (χ0) is 28.0. The third-order valence-corrected chi connectivity index (χ3v) is 7.75. The van der Waals surface area contributed by atoms with E-state index in [2.05, 4.69) is 6.58 Å². The van der Waals surface area contributed by atoms with E-state index in [0.717, 1.165) is 13.8 Å². The van der Waals surface area contributed by atoms with E-state index in [-0.39, 0.29) is 17.6 Å². The first kappa shape index (κ1) is 28.6. The van der Waals surface area contributed by atoms with E-state index in [1.165, 1.54) is 20.8 Å². The molecule has 0 radical (unpaired) electrons. The van der Waals surface area contributed by atoms with Crippen LogP contribution in [-0.2, 0) is 42.9 Å². The predicted octanol–water partition coefficient (Wildman–Crippen LogP) is 2.10. The first-order chi connectivity index (χ1) is 17.1. The minimum Gasteiger partial charge on any atom is -0.458 e. The molecule has 1 saturated heterocycles. The molecular formula is C26H31ClO10. The topological polar surface area (TPSA) is 143 Å². The van der Waals surface area contributed by atoms with Crippen LogP contribution < -0.4 is 0 Å². The van der Waals surface area contributed by atoms with Crippen molar-refractivity contribution in [3.63, 3.8) is 0 Å². The highest BCUT2D eigenvalue weighted by Crippen LogP contribution is 2.51. The monoisotopic (exact) mass is 538 g/mol. The van der Waals surface area contributed by atoms with Gasteiger partial charge in [-0.05, 0) is 26.3 Å². The summed E-state index contributed by atoms with van der Waals surface area (Å²) in [6, 6.07) is 0. The number of ketones is 1. The molecule has 0 saturated carbocycles. The second-order valence-corrected chi connectivity index (χ2v) is 10.2. The lowest BCUT2D eigenvalue weighted by Gasteiger charge is -2.42. The summed E-state index contributed by atoms with van der Waals surface area (Å²) in [4.78, 5) is 62.8. The summed E-state index contributed by atoms with van der Waals surface area (Å²) < 4.78 is 22.0. The fraction of sp³-hybridized carbons (Fsp3) is 0.577. The molecule has 1 unspecified atom stereocenters. The normalized spacial score (nSPS) is 38.6. The molecule has 3 aliphatic rings. The Hall–Kier alpha value is -2.98. The number of ether oxygens (including phenoxy) is 4. The van der Waals surface area contributed by atoms with Crippen LogP contribution in [0.1, 0.15) is 48.0 Å². The van der Waals surface area contributed by atoms with Gasteiger partial charge in [-0.2, -0.15) is 0 Å². The molecule has 11 heteroatoms. The van der Waals surface area contributed by atoms with Crippen molar-refractivity contribution in [1.82, 2.24) is 0 Å². The maximum atomic E-state index is 13.7. The molecule has 0 spiro atoms. The Labute approximate surface area is 219 Å². The van der Waals surface area contributed by atoms with Crippen LogP contribution in [0.5, 0.6) is 0 Å². The van der Waals surface area contributed by atoms with Gasteiger partial charge in [-0.3, -0.25) is 24.0 Å². The Balaban J connectivity index is 2.36. The number of fused-ring (bicyclic) bond motifs is 2. The maximum Gasteiger partial charge on any atom is 0.312 e.